The molecule has 0 spiro atoms. The Balaban J connectivity index is 3.60. The number of thioether (sulfide) groups is 1. The van der Waals surface area contributed by atoms with Gasteiger partial charge in [0.05, 0.1) is 5.56 Å². The van der Waals surface area contributed by atoms with Crippen molar-refractivity contribution in [2.45, 2.75) is 4.90 Å². The standard InChI is InChI=1S/C9H10BrNOS/c1-4-6-8(13-3)7(10)5-11(2)9(6)12/h4-5H,1H2,2-3H3. The third-order valence-electron chi connectivity index (χ3n) is 1.73. The molecule has 0 amide bonds. The lowest BCUT2D eigenvalue weighted by Gasteiger charge is -2.07. The van der Waals surface area contributed by atoms with Crippen molar-refractivity contribution < 1.29 is 0 Å². The predicted molar refractivity (Wildman–Crippen MR) is 61.3 cm³/mol. The van der Waals surface area contributed by atoms with Crippen LogP contribution in [-0.4, -0.2) is 10.8 Å². The minimum Gasteiger partial charge on any atom is -0.317 e. The number of hydrogen-bond donors (Lipinski definition) is 0. The van der Waals surface area contributed by atoms with Crippen LogP contribution >= 0.6 is 27.7 Å². The van der Waals surface area contributed by atoms with Crippen LogP contribution < -0.4 is 5.56 Å². The first-order chi connectivity index (χ1) is 6.11. The van der Waals surface area contributed by atoms with Crippen molar-refractivity contribution in [2.75, 3.05) is 6.26 Å². The van der Waals surface area contributed by atoms with E-state index in [1.165, 1.54) is 11.8 Å². The van der Waals surface area contributed by atoms with Crippen LogP contribution in [-0.2, 0) is 7.05 Å². The molecule has 2 nitrogen and oxygen atoms in total. The molecule has 0 bridgehead atoms. The molecule has 0 aliphatic carbocycles. The van der Waals surface area contributed by atoms with Crippen molar-refractivity contribution in [3.05, 3.63) is 33.2 Å². The molecule has 0 fully saturated rings. The molecule has 0 radical (unpaired) electrons. The molecule has 1 aromatic heterocycles. The lowest BCUT2D eigenvalue weighted by molar-refractivity contribution is 0.839. The highest BCUT2D eigenvalue weighted by Crippen LogP contribution is 2.27. The van der Waals surface area contributed by atoms with E-state index in [9.17, 15) is 4.79 Å². The quantitative estimate of drug-likeness (QED) is 0.762. The Morgan fingerprint density at radius 3 is 2.77 bits per heavy atom. The molecule has 0 atom stereocenters. The highest BCUT2D eigenvalue weighted by Gasteiger charge is 2.08. The summed E-state index contributed by atoms with van der Waals surface area (Å²) in [5.41, 5.74) is 0.645. The van der Waals surface area contributed by atoms with Gasteiger partial charge >= 0.3 is 0 Å². The van der Waals surface area contributed by atoms with Crippen LogP contribution in [0.5, 0.6) is 0 Å². The molecule has 1 heterocycles. The van der Waals surface area contributed by atoms with Gasteiger partial charge in [-0.25, -0.2) is 0 Å². The lowest BCUT2D eigenvalue weighted by Crippen LogP contribution is -2.19. The molecule has 0 unspecified atom stereocenters. The fourth-order valence-corrected chi connectivity index (χ4v) is 2.74. The first-order valence-electron chi connectivity index (χ1n) is 3.67. The molecule has 0 saturated carbocycles. The molecular weight excluding hydrogens is 250 g/mol. The number of rotatable bonds is 2. The maximum atomic E-state index is 11.6. The first-order valence-corrected chi connectivity index (χ1v) is 5.69. The monoisotopic (exact) mass is 259 g/mol. The zero-order valence-electron chi connectivity index (χ0n) is 7.50. The molecule has 0 aromatic carbocycles. The molecule has 0 aliphatic heterocycles. The van der Waals surface area contributed by atoms with Gasteiger partial charge in [0.1, 0.15) is 0 Å². The summed E-state index contributed by atoms with van der Waals surface area (Å²) in [7, 11) is 1.73. The van der Waals surface area contributed by atoms with E-state index >= 15 is 0 Å². The van der Waals surface area contributed by atoms with Gasteiger partial charge in [-0.3, -0.25) is 4.79 Å². The Bertz CT molecular complexity index is 397. The number of pyridine rings is 1. The van der Waals surface area contributed by atoms with Gasteiger partial charge in [0, 0.05) is 22.6 Å². The average molecular weight is 260 g/mol. The third-order valence-corrected chi connectivity index (χ3v) is 3.44. The van der Waals surface area contributed by atoms with Crippen molar-refractivity contribution in [1.29, 1.82) is 0 Å². The molecule has 4 heteroatoms. The molecule has 0 saturated heterocycles. The summed E-state index contributed by atoms with van der Waals surface area (Å²) >= 11 is 4.94. The summed E-state index contributed by atoms with van der Waals surface area (Å²) in [6.45, 7) is 3.64. The smallest absolute Gasteiger partial charge is 0.258 e. The number of hydrogen-bond acceptors (Lipinski definition) is 2. The zero-order chi connectivity index (χ0) is 10.0. The van der Waals surface area contributed by atoms with Gasteiger partial charge in [-0.1, -0.05) is 12.7 Å². The molecule has 0 aliphatic rings. The summed E-state index contributed by atoms with van der Waals surface area (Å²) in [5.74, 6) is 0. The van der Waals surface area contributed by atoms with Crippen molar-refractivity contribution in [3.8, 4) is 0 Å². The SMILES string of the molecule is C=Cc1c(SC)c(Br)cn(C)c1=O. The Labute approximate surface area is 89.8 Å². The second-order valence-electron chi connectivity index (χ2n) is 2.54. The van der Waals surface area contributed by atoms with Crippen LogP contribution in [0.25, 0.3) is 6.08 Å². The van der Waals surface area contributed by atoms with E-state index in [0.29, 0.717) is 5.56 Å². The maximum Gasteiger partial charge on any atom is 0.258 e. The fourth-order valence-electron chi connectivity index (χ4n) is 1.09. The molecule has 1 rings (SSSR count). The molecule has 13 heavy (non-hydrogen) atoms. The maximum absolute atomic E-state index is 11.6. The van der Waals surface area contributed by atoms with E-state index in [0.717, 1.165) is 9.37 Å². The molecule has 0 N–H and O–H groups in total. The van der Waals surface area contributed by atoms with Gasteiger partial charge in [-0.05, 0) is 22.2 Å². The van der Waals surface area contributed by atoms with E-state index < -0.39 is 0 Å². The van der Waals surface area contributed by atoms with Crippen LogP contribution in [0.1, 0.15) is 5.56 Å². The second-order valence-corrected chi connectivity index (χ2v) is 4.21. The summed E-state index contributed by atoms with van der Waals surface area (Å²) in [5, 5.41) is 0. The fraction of sp³-hybridized carbons (Fsp3) is 0.222. The highest BCUT2D eigenvalue weighted by atomic mass is 79.9. The lowest BCUT2D eigenvalue weighted by atomic mass is 10.3. The largest absolute Gasteiger partial charge is 0.317 e. The summed E-state index contributed by atoms with van der Waals surface area (Å²) in [4.78, 5) is 12.5. The van der Waals surface area contributed by atoms with Crippen molar-refractivity contribution >= 4 is 33.8 Å². The summed E-state index contributed by atoms with van der Waals surface area (Å²) in [6.07, 6.45) is 5.30. The van der Waals surface area contributed by atoms with E-state index in [2.05, 4.69) is 22.5 Å². The van der Waals surface area contributed by atoms with E-state index in [-0.39, 0.29) is 5.56 Å². The summed E-state index contributed by atoms with van der Waals surface area (Å²) < 4.78 is 2.47. The molecule has 1 aromatic rings. The van der Waals surface area contributed by atoms with Crippen LogP contribution in [0.4, 0.5) is 0 Å². The van der Waals surface area contributed by atoms with Crippen molar-refractivity contribution in [1.82, 2.24) is 4.57 Å². The highest BCUT2D eigenvalue weighted by molar-refractivity contribution is 9.10. The van der Waals surface area contributed by atoms with Crippen LogP contribution in [0, 0.1) is 0 Å². The Hall–Kier alpha value is -0.480. The van der Waals surface area contributed by atoms with Gasteiger partial charge in [0.2, 0.25) is 0 Å². The Kier molecular flexibility index (Phi) is 3.39. The number of aromatic nitrogens is 1. The topological polar surface area (TPSA) is 22.0 Å². The van der Waals surface area contributed by atoms with Gasteiger partial charge in [0.25, 0.3) is 5.56 Å². The van der Waals surface area contributed by atoms with Crippen molar-refractivity contribution in [2.24, 2.45) is 7.05 Å². The molecular formula is C9H10BrNOS. The van der Waals surface area contributed by atoms with E-state index in [1.807, 2.05) is 6.26 Å². The van der Waals surface area contributed by atoms with Crippen molar-refractivity contribution in [3.63, 3.8) is 0 Å². The van der Waals surface area contributed by atoms with Crippen LogP contribution in [0.3, 0.4) is 0 Å². The van der Waals surface area contributed by atoms with Gasteiger partial charge < -0.3 is 4.57 Å². The van der Waals surface area contributed by atoms with Gasteiger partial charge in [-0.2, -0.15) is 0 Å². The van der Waals surface area contributed by atoms with Crippen LogP contribution in [0.2, 0.25) is 0 Å². The molecule has 70 valence electrons. The second kappa shape index (κ2) is 4.15. The third kappa shape index (κ3) is 1.89. The summed E-state index contributed by atoms with van der Waals surface area (Å²) in [6, 6.07) is 0. The number of nitrogens with zero attached hydrogens (tertiary/aromatic N) is 1. The minimum atomic E-state index is -0.0115. The van der Waals surface area contributed by atoms with E-state index in [4.69, 9.17) is 0 Å². The number of halogens is 1. The van der Waals surface area contributed by atoms with Gasteiger partial charge in [0.15, 0.2) is 0 Å². The normalized spacial score (nSPS) is 10.1. The predicted octanol–water partition coefficient (Wildman–Crippen LogP) is 2.51. The Morgan fingerprint density at radius 1 is 1.69 bits per heavy atom. The van der Waals surface area contributed by atoms with Gasteiger partial charge in [-0.15, -0.1) is 11.8 Å². The van der Waals surface area contributed by atoms with Crippen LogP contribution in [0.15, 0.2) is 26.9 Å². The average Bonchev–Trinajstić information content (AvgIpc) is 2.10. The van der Waals surface area contributed by atoms with E-state index in [1.54, 1.807) is 23.9 Å². The number of aryl methyl sites for hydroxylation is 1. The minimum absolute atomic E-state index is 0.0115. The zero-order valence-corrected chi connectivity index (χ0v) is 9.91. The first kappa shape index (κ1) is 10.6. The Morgan fingerprint density at radius 2 is 2.31 bits per heavy atom.